The van der Waals surface area contributed by atoms with Crippen LogP contribution in [0.4, 0.5) is 0 Å². The Labute approximate surface area is 245 Å². The van der Waals surface area contributed by atoms with E-state index in [0.717, 1.165) is 0 Å². The highest BCUT2D eigenvalue weighted by Crippen LogP contribution is 2.58. The molecular formula is C38H32S2. The average molecular weight is 553 g/mol. The van der Waals surface area contributed by atoms with Crippen molar-refractivity contribution in [3.8, 4) is 43.1 Å². The van der Waals surface area contributed by atoms with Gasteiger partial charge in [-0.1, -0.05) is 64.1 Å². The minimum atomic E-state index is -0.0773. The molecule has 0 amide bonds. The SMILES string of the molecule is Cc1ccc(-c2ccc3c(c2)C(C)(C)c2cc4c(cc2-3)C(C)(C)c2cc(-c3ccc(C)s3)c3ccccc3c2-4)s1. The number of thiophene rings is 2. The number of aryl methyl sites for hydroxylation is 2. The summed E-state index contributed by atoms with van der Waals surface area (Å²) < 4.78 is 0. The van der Waals surface area contributed by atoms with Gasteiger partial charge in [-0.3, -0.25) is 0 Å². The number of fused-ring (bicyclic) bond motifs is 8. The Morgan fingerprint density at radius 1 is 0.475 bits per heavy atom. The normalized spacial score (nSPS) is 15.7. The van der Waals surface area contributed by atoms with Crippen molar-refractivity contribution in [2.24, 2.45) is 0 Å². The van der Waals surface area contributed by atoms with E-state index in [-0.39, 0.29) is 10.8 Å². The number of hydrogen-bond acceptors (Lipinski definition) is 2. The van der Waals surface area contributed by atoms with Gasteiger partial charge >= 0.3 is 0 Å². The van der Waals surface area contributed by atoms with Gasteiger partial charge in [0.05, 0.1) is 0 Å². The van der Waals surface area contributed by atoms with Gasteiger partial charge in [-0.25, -0.2) is 0 Å². The molecule has 0 aliphatic heterocycles. The van der Waals surface area contributed by atoms with E-state index in [9.17, 15) is 0 Å². The van der Waals surface area contributed by atoms with Gasteiger partial charge in [0.25, 0.3) is 0 Å². The molecular weight excluding hydrogens is 521 g/mol. The Kier molecular flexibility index (Phi) is 4.90. The van der Waals surface area contributed by atoms with Crippen LogP contribution in [-0.2, 0) is 10.8 Å². The minimum Gasteiger partial charge on any atom is -0.141 e. The smallest absolute Gasteiger partial charge is 0.0351 e. The maximum absolute atomic E-state index is 2.55. The van der Waals surface area contributed by atoms with Crippen molar-refractivity contribution in [2.75, 3.05) is 0 Å². The molecule has 6 aromatic rings. The molecule has 0 nitrogen and oxygen atoms in total. The van der Waals surface area contributed by atoms with Crippen LogP contribution in [0.1, 0.15) is 59.7 Å². The fourth-order valence-corrected chi connectivity index (χ4v) is 9.10. The number of rotatable bonds is 2. The summed E-state index contributed by atoms with van der Waals surface area (Å²) in [5.74, 6) is 0. The highest BCUT2D eigenvalue weighted by molar-refractivity contribution is 7.15. The summed E-state index contributed by atoms with van der Waals surface area (Å²) in [6.07, 6.45) is 0. The summed E-state index contributed by atoms with van der Waals surface area (Å²) >= 11 is 3.78. The third-order valence-corrected chi connectivity index (χ3v) is 11.6. The largest absolute Gasteiger partial charge is 0.141 e. The number of benzene rings is 4. The van der Waals surface area contributed by atoms with Crippen molar-refractivity contribution in [3.05, 3.63) is 117 Å². The number of hydrogen-bond donors (Lipinski definition) is 0. The first kappa shape index (κ1) is 24.3. The van der Waals surface area contributed by atoms with E-state index in [1.165, 1.54) is 85.9 Å². The predicted molar refractivity (Wildman–Crippen MR) is 175 cm³/mol. The average Bonchev–Trinajstić information content (AvgIpc) is 3.67. The first-order valence-electron chi connectivity index (χ1n) is 14.2. The summed E-state index contributed by atoms with van der Waals surface area (Å²) in [6, 6.07) is 32.8. The van der Waals surface area contributed by atoms with E-state index in [0.29, 0.717) is 0 Å². The zero-order valence-corrected chi connectivity index (χ0v) is 25.5. The van der Waals surface area contributed by atoms with Gasteiger partial charge in [0, 0.05) is 30.3 Å². The van der Waals surface area contributed by atoms with Crippen LogP contribution in [0.5, 0.6) is 0 Å². The van der Waals surface area contributed by atoms with Crippen LogP contribution in [0.2, 0.25) is 0 Å². The summed E-state index contributed by atoms with van der Waals surface area (Å²) in [5, 5.41) is 2.72. The fraction of sp³-hybridized carbons (Fsp3) is 0.211. The molecule has 0 spiro atoms. The second-order valence-corrected chi connectivity index (χ2v) is 15.2. The Morgan fingerprint density at radius 2 is 1.05 bits per heavy atom. The zero-order chi connectivity index (χ0) is 27.6. The molecule has 0 unspecified atom stereocenters. The molecule has 2 heteroatoms. The first-order chi connectivity index (χ1) is 19.1. The maximum atomic E-state index is 2.55. The van der Waals surface area contributed by atoms with Crippen molar-refractivity contribution < 1.29 is 0 Å². The van der Waals surface area contributed by atoms with E-state index < -0.39 is 0 Å². The molecule has 0 N–H and O–H groups in total. The van der Waals surface area contributed by atoms with Gasteiger partial charge in [0.2, 0.25) is 0 Å². The molecule has 196 valence electrons. The van der Waals surface area contributed by atoms with Crippen LogP contribution in [-0.4, -0.2) is 0 Å². The van der Waals surface area contributed by atoms with E-state index in [4.69, 9.17) is 0 Å². The molecule has 40 heavy (non-hydrogen) atoms. The van der Waals surface area contributed by atoms with Crippen LogP contribution in [0.15, 0.2) is 84.9 Å². The minimum absolute atomic E-state index is 0.0564. The third kappa shape index (κ3) is 3.18. The van der Waals surface area contributed by atoms with Crippen molar-refractivity contribution >= 4 is 33.4 Å². The van der Waals surface area contributed by atoms with Crippen molar-refractivity contribution in [1.29, 1.82) is 0 Å². The molecule has 2 aromatic heterocycles. The van der Waals surface area contributed by atoms with E-state index in [1.807, 2.05) is 22.7 Å². The quantitative estimate of drug-likeness (QED) is 0.200. The van der Waals surface area contributed by atoms with Crippen LogP contribution < -0.4 is 0 Å². The molecule has 4 aromatic carbocycles. The molecule has 0 saturated heterocycles. The molecule has 2 aliphatic carbocycles. The lowest BCUT2D eigenvalue weighted by Gasteiger charge is -2.24. The van der Waals surface area contributed by atoms with Crippen LogP contribution in [0.3, 0.4) is 0 Å². The summed E-state index contributed by atoms with van der Waals surface area (Å²) in [6.45, 7) is 14.1. The maximum Gasteiger partial charge on any atom is 0.0351 e. The van der Waals surface area contributed by atoms with Crippen molar-refractivity contribution in [2.45, 2.75) is 52.4 Å². The monoisotopic (exact) mass is 552 g/mol. The third-order valence-electron chi connectivity index (χ3n) is 9.51. The molecule has 8 rings (SSSR count). The van der Waals surface area contributed by atoms with Crippen molar-refractivity contribution in [3.63, 3.8) is 0 Å². The summed E-state index contributed by atoms with van der Waals surface area (Å²) in [4.78, 5) is 5.43. The van der Waals surface area contributed by atoms with Crippen LogP contribution in [0.25, 0.3) is 53.9 Å². The molecule has 0 fully saturated rings. The Morgan fingerprint density at radius 3 is 1.75 bits per heavy atom. The van der Waals surface area contributed by atoms with Gasteiger partial charge in [0.1, 0.15) is 0 Å². The van der Waals surface area contributed by atoms with Gasteiger partial charge < -0.3 is 0 Å². The first-order valence-corrected chi connectivity index (χ1v) is 15.8. The molecule has 2 aliphatic rings. The van der Waals surface area contributed by atoms with Gasteiger partial charge in [-0.2, -0.15) is 0 Å². The highest BCUT2D eigenvalue weighted by Gasteiger charge is 2.42. The van der Waals surface area contributed by atoms with Gasteiger partial charge in [-0.05, 0) is 129 Å². The lowest BCUT2D eigenvalue weighted by molar-refractivity contribution is 0.652. The van der Waals surface area contributed by atoms with Crippen LogP contribution >= 0.6 is 22.7 Å². The van der Waals surface area contributed by atoms with Gasteiger partial charge in [-0.15, -0.1) is 22.7 Å². The van der Waals surface area contributed by atoms with E-state index >= 15 is 0 Å². The Bertz CT molecular complexity index is 2020. The molecule has 0 radical (unpaired) electrons. The standard InChI is InChI=1S/C38H32S2/c1-21-11-15-34(39-21)23-13-14-25-27-18-32-29(20-31(27)37(3,4)30(25)17-23)36-26-10-8-7-9-24(26)28(19-33(36)38(32,5)6)35-16-12-22(2)40-35/h7-20H,1-6H3. The lowest BCUT2D eigenvalue weighted by Crippen LogP contribution is -2.17. The van der Waals surface area contributed by atoms with E-state index in [1.54, 1.807) is 0 Å². The van der Waals surface area contributed by atoms with Crippen molar-refractivity contribution in [1.82, 2.24) is 0 Å². The zero-order valence-electron chi connectivity index (χ0n) is 23.9. The Hall–Kier alpha value is -3.46. The molecule has 0 atom stereocenters. The predicted octanol–water partition coefficient (Wildman–Crippen LogP) is 11.5. The highest BCUT2D eigenvalue weighted by atomic mass is 32.1. The topological polar surface area (TPSA) is 0 Å². The summed E-state index contributed by atoms with van der Waals surface area (Å²) in [7, 11) is 0. The summed E-state index contributed by atoms with van der Waals surface area (Å²) in [5.41, 5.74) is 14.0. The fourth-order valence-electron chi connectivity index (χ4n) is 7.33. The molecule has 0 saturated carbocycles. The Balaban J connectivity index is 1.37. The van der Waals surface area contributed by atoms with E-state index in [2.05, 4.69) is 126 Å². The molecule has 0 bridgehead atoms. The second kappa shape index (κ2) is 8.06. The second-order valence-electron chi connectivity index (χ2n) is 12.7. The lowest BCUT2D eigenvalue weighted by atomic mass is 9.79. The van der Waals surface area contributed by atoms with Crippen LogP contribution in [0, 0.1) is 13.8 Å². The van der Waals surface area contributed by atoms with Gasteiger partial charge in [0.15, 0.2) is 0 Å². The molecule has 2 heterocycles.